The molecule has 8 heteroatoms. The number of carbonyl (C=O) groups is 1. The van der Waals surface area contributed by atoms with Crippen LogP contribution < -0.4 is 4.72 Å². The van der Waals surface area contributed by atoms with E-state index in [0.29, 0.717) is 35.1 Å². The Labute approximate surface area is 158 Å². The van der Waals surface area contributed by atoms with Crippen LogP contribution in [0.15, 0.2) is 48.5 Å². The van der Waals surface area contributed by atoms with Crippen LogP contribution in [0, 0.1) is 0 Å². The molecule has 2 rings (SSSR count). The van der Waals surface area contributed by atoms with Crippen molar-refractivity contribution in [3.05, 3.63) is 64.7 Å². The van der Waals surface area contributed by atoms with Gasteiger partial charge in [-0.2, -0.15) is 0 Å². The Morgan fingerprint density at radius 1 is 1.04 bits per heavy atom. The third-order valence-corrected chi connectivity index (χ3v) is 4.94. The normalized spacial score (nSPS) is 11.3. The highest BCUT2D eigenvalue weighted by Crippen LogP contribution is 2.17. The largest absolute Gasteiger partial charge is 0.382 e. The fourth-order valence-corrected chi connectivity index (χ4v) is 3.19. The minimum atomic E-state index is -3.58. The molecule has 0 aromatic heterocycles. The van der Waals surface area contributed by atoms with E-state index in [9.17, 15) is 13.2 Å². The second-order valence-electron chi connectivity index (χ2n) is 5.44. The predicted octanol–water partition coefficient (Wildman–Crippen LogP) is 2.98. The quantitative estimate of drug-likeness (QED) is 0.492. The molecule has 0 bridgehead atoms. The maximum atomic E-state index is 12.5. The Balaban J connectivity index is 2.02. The Morgan fingerprint density at radius 3 is 2.46 bits per heavy atom. The number of nitrogens with one attached hydrogen (secondary N) is 1. The van der Waals surface area contributed by atoms with Crippen LogP contribution in [0.1, 0.15) is 15.9 Å². The lowest BCUT2D eigenvalue weighted by atomic mass is 10.0. The maximum Gasteiger partial charge on any atom is 0.234 e. The van der Waals surface area contributed by atoms with Crippen LogP contribution in [-0.4, -0.2) is 46.9 Å². The molecule has 2 aromatic carbocycles. The van der Waals surface area contributed by atoms with Crippen LogP contribution in [0.2, 0.25) is 5.02 Å². The second kappa shape index (κ2) is 9.68. The van der Waals surface area contributed by atoms with Crippen LogP contribution in [0.4, 0.5) is 5.69 Å². The highest BCUT2D eigenvalue weighted by atomic mass is 35.5. The van der Waals surface area contributed by atoms with Crippen molar-refractivity contribution in [1.29, 1.82) is 0 Å². The molecule has 0 aliphatic rings. The third-order valence-electron chi connectivity index (χ3n) is 3.43. The summed E-state index contributed by atoms with van der Waals surface area (Å²) in [5.74, 6) is -0.405. The van der Waals surface area contributed by atoms with Crippen LogP contribution in [0.3, 0.4) is 0 Å². The zero-order valence-electron chi connectivity index (χ0n) is 14.3. The van der Waals surface area contributed by atoms with Gasteiger partial charge in [0.1, 0.15) is 0 Å². The molecule has 26 heavy (non-hydrogen) atoms. The lowest BCUT2D eigenvalue weighted by molar-refractivity contribution is 0.0785. The van der Waals surface area contributed by atoms with E-state index in [4.69, 9.17) is 21.1 Å². The number of sulfonamides is 1. The molecule has 0 heterocycles. The van der Waals surface area contributed by atoms with Crippen molar-refractivity contribution >= 4 is 33.1 Å². The Morgan fingerprint density at radius 2 is 1.77 bits per heavy atom. The fourth-order valence-electron chi connectivity index (χ4n) is 2.14. The van der Waals surface area contributed by atoms with E-state index in [1.54, 1.807) is 49.6 Å². The Kier molecular flexibility index (Phi) is 7.59. The molecule has 0 radical (unpaired) electrons. The summed E-state index contributed by atoms with van der Waals surface area (Å²) in [5.41, 5.74) is 1.17. The number of carbonyl (C=O) groups excluding carboxylic acids is 1. The zero-order valence-corrected chi connectivity index (χ0v) is 15.8. The summed E-state index contributed by atoms with van der Waals surface area (Å²) in [7, 11) is -2.04. The highest BCUT2D eigenvalue weighted by molar-refractivity contribution is 7.92. The molecule has 140 valence electrons. The molecular weight excluding hydrogens is 378 g/mol. The summed E-state index contributed by atoms with van der Waals surface area (Å²) in [6.07, 6.45) is 0. The SMILES string of the molecule is COCCOCCS(=O)(=O)Nc1cccc(C(=O)c2ccc(Cl)cc2)c1. The number of ether oxygens (including phenoxy) is 2. The monoisotopic (exact) mass is 397 g/mol. The first-order valence-electron chi connectivity index (χ1n) is 7.89. The van der Waals surface area contributed by atoms with Crippen LogP contribution in [0.5, 0.6) is 0 Å². The van der Waals surface area contributed by atoms with Gasteiger partial charge in [0, 0.05) is 28.9 Å². The third kappa shape index (κ3) is 6.42. The summed E-state index contributed by atoms with van der Waals surface area (Å²) >= 11 is 5.82. The topological polar surface area (TPSA) is 81.7 Å². The molecule has 0 fully saturated rings. The first-order valence-corrected chi connectivity index (χ1v) is 9.92. The van der Waals surface area contributed by atoms with E-state index in [1.165, 1.54) is 6.07 Å². The number of ketones is 1. The van der Waals surface area contributed by atoms with Crippen molar-refractivity contribution in [2.24, 2.45) is 0 Å². The van der Waals surface area contributed by atoms with Crippen molar-refractivity contribution < 1.29 is 22.7 Å². The van der Waals surface area contributed by atoms with Crippen molar-refractivity contribution in [2.45, 2.75) is 0 Å². The lowest BCUT2D eigenvalue weighted by Crippen LogP contribution is -2.21. The predicted molar refractivity (Wildman–Crippen MR) is 101 cm³/mol. The van der Waals surface area contributed by atoms with Gasteiger partial charge in [-0.15, -0.1) is 0 Å². The smallest absolute Gasteiger partial charge is 0.234 e. The van der Waals surface area contributed by atoms with E-state index in [0.717, 1.165) is 0 Å². The van der Waals surface area contributed by atoms with Crippen LogP contribution >= 0.6 is 11.6 Å². The van der Waals surface area contributed by atoms with Crippen molar-refractivity contribution in [1.82, 2.24) is 0 Å². The molecule has 2 aromatic rings. The Hall–Kier alpha value is -1.93. The van der Waals surface area contributed by atoms with Gasteiger partial charge in [0.05, 0.1) is 25.6 Å². The number of rotatable bonds is 10. The molecule has 0 saturated heterocycles. The number of hydrogen-bond acceptors (Lipinski definition) is 5. The molecule has 0 aliphatic heterocycles. The molecule has 1 N–H and O–H groups in total. The molecule has 0 atom stereocenters. The molecule has 0 unspecified atom stereocenters. The van der Waals surface area contributed by atoms with E-state index < -0.39 is 10.0 Å². The van der Waals surface area contributed by atoms with Gasteiger partial charge in [-0.1, -0.05) is 23.7 Å². The maximum absolute atomic E-state index is 12.5. The van der Waals surface area contributed by atoms with E-state index >= 15 is 0 Å². The minimum Gasteiger partial charge on any atom is -0.382 e. The van der Waals surface area contributed by atoms with Crippen molar-refractivity contribution in [3.63, 3.8) is 0 Å². The number of hydrogen-bond donors (Lipinski definition) is 1. The first-order chi connectivity index (χ1) is 12.4. The van der Waals surface area contributed by atoms with Gasteiger partial charge in [0.15, 0.2) is 5.78 Å². The van der Waals surface area contributed by atoms with E-state index in [-0.39, 0.29) is 18.1 Å². The minimum absolute atomic E-state index is 0.0576. The van der Waals surface area contributed by atoms with Crippen LogP contribution in [0.25, 0.3) is 0 Å². The molecule has 0 aliphatic carbocycles. The molecule has 0 amide bonds. The molecular formula is C18H20ClNO5S. The number of anilines is 1. The van der Waals surface area contributed by atoms with Crippen molar-refractivity contribution in [2.75, 3.05) is 37.4 Å². The molecule has 0 saturated carbocycles. The summed E-state index contributed by atoms with van der Waals surface area (Å²) in [6.45, 7) is 0.793. The standard InChI is InChI=1S/C18H20ClNO5S/c1-24-9-10-25-11-12-26(22,23)20-17-4-2-3-15(13-17)18(21)14-5-7-16(19)8-6-14/h2-8,13,20H,9-12H2,1H3. The average molecular weight is 398 g/mol. The summed E-state index contributed by atoms with van der Waals surface area (Å²) < 4.78 is 36.6. The average Bonchev–Trinajstić information content (AvgIpc) is 2.61. The van der Waals surface area contributed by atoms with Gasteiger partial charge < -0.3 is 9.47 Å². The zero-order chi connectivity index (χ0) is 19.0. The molecule has 0 spiro atoms. The van der Waals surface area contributed by atoms with Gasteiger partial charge >= 0.3 is 0 Å². The number of halogens is 1. The molecule has 6 nitrogen and oxygen atoms in total. The van der Waals surface area contributed by atoms with Gasteiger partial charge in [0.2, 0.25) is 10.0 Å². The number of benzene rings is 2. The van der Waals surface area contributed by atoms with Gasteiger partial charge in [-0.25, -0.2) is 8.42 Å². The van der Waals surface area contributed by atoms with E-state index in [1.807, 2.05) is 0 Å². The highest BCUT2D eigenvalue weighted by Gasteiger charge is 2.13. The van der Waals surface area contributed by atoms with Crippen molar-refractivity contribution in [3.8, 4) is 0 Å². The van der Waals surface area contributed by atoms with Gasteiger partial charge in [0.25, 0.3) is 0 Å². The summed E-state index contributed by atoms with van der Waals surface area (Å²) in [6, 6.07) is 12.8. The van der Waals surface area contributed by atoms with Gasteiger partial charge in [-0.3, -0.25) is 9.52 Å². The second-order valence-corrected chi connectivity index (χ2v) is 7.72. The van der Waals surface area contributed by atoms with Crippen LogP contribution in [-0.2, 0) is 19.5 Å². The first kappa shape index (κ1) is 20.4. The fraction of sp³-hybridized carbons (Fsp3) is 0.278. The summed E-state index contributed by atoms with van der Waals surface area (Å²) in [4.78, 5) is 12.5. The van der Waals surface area contributed by atoms with Gasteiger partial charge in [-0.05, 0) is 36.4 Å². The lowest BCUT2D eigenvalue weighted by Gasteiger charge is -2.10. The number of methoxy groups -OCH3 is 1. The van der Waals surface area contributed by atoms with E-state index in [2.05, 4.69) is 4.72 Å². The summed E-state index contributed by atoms with van der Waals surface area (Å²) in [5, 5.41) is 0.538. The Bertz CT molecular complexity index is 837.